The predicted octanol–water partition coefficient (Wildman–Crippen LogP) is 4.25. The number of hydrogen-bond acceptors (Lipinski definition) is 6. The summed E-state index contributed by atoms with van der Waals surface area (Å²) < 4.78 is 13.1. The third-order valence-corrected chi connectivity index (χ3v) is 7.73. The molecule has 10 heteroatoms. The van der Waals surface area contributed by atoms with Crippen molar-refractivity contribution in [2.45, 2.75) is 44.6 Å². The van der Waals surface area contributed by atoms with E-state index in [-0.39, 0.29) is 6.03 Å². The lowest BCUT2D eigenvalue weighted by Crippen LogP contribution is -2.47. The largest absolute Gasteiger partial charge is 0.356 e. The van der Waals surface area contributed by atoms with E-state index in [0.29, 0.717) is 16.6 Å². The molecule has 31 heavy (non-hydrogen) atoms. The van der Waals surface area contributed by atoms with E-state index < -0.39 is 5.13 Å². The minimum absolute atomic E-state index is 0.183. The second kappa shape index (κ2) is 8.07. The lowest BCUT2D eigenvalue weighted by molar-refractivity contribution is 0.0786. The summed E-state index contributed by atoms with van der Waals surface area (Å²) in [4.78, 5) is 32.5. The summed E-state index contributed by atoms with van der Waals surface area (Å²) in [6.45, 7) is 1.46. The van der Waals surface area contributed by atoms with Gasteiger partial charge in [-0.2, -0.15) is 4.39 Å². The van der Waals surface area contributed by atoms with Crippen LogP contribution in [-0.4, -0.2) is 57.0 Å². The highest BCUT2D eigenvalue weighted by atomic mass is 32.1. The van der Waals surface area contributed by atoms with Crippen LogP contribution in [0.2, 0.25) is 0 Å². The van der Waals surface area contributed by atoms with Crippen LogP contribution in [0.15, 0.2) is 24.8 Å². The summed E-state index contributed by atoms with van der Waals surface area (Å²) in [6, 6.07) is 2.31. The molecule has 1 saturated carbocycles. The Morgan fingerprint density at radius 2 is 2.03 bits per heavy atom. The van der Waals surface area contributed by atoms with Crippen LogP contribution in [0.3, 0.4) is 0 Å². The molecule has 1 saturated heterocycles. The van der Waals surface area contributed by atoms with Gasteiger partial charge in [0, 0.05) is 32.4 Å². The molecule has 0 radical (unpaired) electrons. The third-order valence-electron chi connectivity index (χ3n) is 7.03. The van der Waals surface area contributed by atoms with Gasteiger partial charge < -0.3 is 14.8 Å². The van der Waals surface area contributed by atoms with E-state index >= 15 is 0 Å². The van der Waals surface area contributed by atoms with E-state index in [4.69, 9.17) is 0 Å². The quantitative estimate of drug-likeness (QED) is 0.632. The van der Waals surface area contributed by atoms with Crippen LogP contribution in [0, 0.1) is 10.5 Å². The van der Waals surface area contributed by atoms with Crippen molar-refractivity contribution in [3.05, 3.63) is 29.9 Å². The number of thiazole rings is 1. The molecule has 2 N–H and O–H groups in total. The van der Waals surface area contributed by atoms with Crippen molar-refractivity contribution in [3.8, 4) is 0 Å². The molecule has 1 aliphatic carbocycles. The molecule has 4 heterocycles. The zero-order valence-corrected chi connectivity index (χ0v) is 18.3. The molecule has 164 valence electrons. The molecule has 5 rings (SSSR count). The van der Waals surface area contributed by atoms with Crippen LogP contribution in [0.4, 0.5) is 20.1 Å². The van der Waals surface area contributed by atoms with E-state index in [1.165, 1.54) is 0 Å². The van der Waals surface area contributed by atoms with Crippen LogP contribution in [0.5, 0.6) is 0 Å². The number of aromatic nitrogens is 4. The number of H-pyrrole nitrogens is 1. The average molecular weight is 444 g/mol. The van der Waals surface area contributed by atoms with Crippen molar-refractivity contribution < 1.29 is 9.18 Å². The Kier molecular flexibility index (Phi) is 5.25. The Morgan fingerprint density at radius 3 is 2.74 bits per heavy atom. The molecule has 0 aromatic carbocycles. The number of amides is 2. The highest BCUT2D eigenvalue weighted by Gasteiger charge is 2.40. The topological polar surface area (TPSA) is 90.0 Å². The van der Waals surface area contributed by atoms with Gasteiger partial charge in [-0.25, -0.2) is 19.7 Å². The first-order valence-corrected chi connectivity index (χ1v) is 11.5. The molecule has 1 spiro atoms. The SMILES string of the molecule is CN(c1ncnc2[nH]ccc12)C1CCC2(CC1)CCN(C(=O)Nc1ncc(F)s1)CC2. The van der Waals surface area contributed by atoms with E-state index in [9.17, 15) is 9.18 Å². The zero-order valence-electron chi connectivity index (χ0n) is 17.5. The number of rotatable bonds is 3. The van der Waals surface area contributed by atoms with E-state index in [0.717, 1.165) is 86.0 Å². The van der Waals surface area contributed by atoms with Crippen LogP contribution in [0.25, 0.3) is 11.0 Å². The van der Waals surface area contributed by atoms with Gasteiger partial charge in [-0.3, -0.25) is 5.32 Å². The van der Waals surface area contributed by atoms with Crippen molar-refractivity contribution in [1.82, 2.24) is 24.8 Å². The molecule has 0 unspecified atom stereocenters. The van der Waals surface area contributed by atoms with Gasteiger partial charge in [0.15, 0.2) is 10.3 Å². The minimum atomic E-state index is -0.395. The summed E-state index contributed by atoms with van der Waals surface area (Å²) in [5.74, 6) is 0.984. The zero-order chi connectivity index (χ0) is 21.4. The first kappa shape index (κ1) is 20.2. The number of nitrogens with one attached hydrogen (secondary N) is 2. The third kappa shape index (κ3) is 3.96. The fourth-order valence-corrected chi connectivity index (χ4v) is 5.62. The molecule has 1 aliphatic heterocycles. The van der Waals surface area contributed by atoms with Crippen LogP contribution in [-0.2, 0) is 0 Å². The van der Waals surface area contributed by atoms with Crippen LogP contribution < -0.4 is 10.2 Å². The van der Waals surface area contributed by atoms with Crippen molar-refractivity contribution in [3.63, 3.8) is 0 Å². The second-order valence-corrected chi connectivity index (χ2v) is 9.65. The Bertz CT molecular complexity index is 1060. The summed E-state index contributed by atoms with van der Waals surface area (Å²) in [5.41, 5.74) is 1.19. The van der Waals surface area contributed by atoms with E-state index in [1.807, 2.05) is 17.2 Å². The highest BCUT2D eigenvalue weighted by molar-refractivity contribution is 7.14. The van der Waals surface area contributed by atoms with E-state index in [1.54, 1.807) is 6.33 Å². The number of aromatic amines is 1. The second-order valence-electron chi connectivity index (χ2n) is 8.67. The number of carbonyl (C=O) groups excluding carboxylic acids is 1. The van der Waals surface area contributed by atoms with Crippen molar-refractivity contribution in [1.29, 1.82) is 0 Å². The van der Waals surface area contributed by atoms with Crippen molar-refractivity contribution in [2.24, 2.45) is 5.41 Å². The number of carbonyl (C=O) groups is 1. The van der Waals surface area contributed by atoms with E-state index in [2.05, 4.69) is 37.2 Å². The Labute approximate surface area is 183 Å². The Balaban J connectivity index is 1.16. The standard InChI is InChI=1S/C21H26FN7OS/c1-28(18-15-4-9-23-17(15)25-13-26-18)14-2-5-21(6-3-14)7-10-29(11-8-21)20(30)27-19-24-12-16(22)31-19/h4,9,12-14H,2-3,5-8,10-11H2,1H3,(H,23,25,26)(H,24,27,30). The van der Waals surface area contributed by atoms with Gasteiger partial charge in [-0.15, -0.1) is 0 Å². The molecule has 0 atom stereocenters. The molecular weight excluding hydrogens is 417 g/mol. The van der Waals surface area contributed by atoms with Gasteiger partial charge in [-0.05, 0) is 50.0 Å². The number of hydrogen-bond donors (Lipinski definition) is 2. The number of likely N-dealkylation sites (tertiary alicyclic amines) is 1. The Morgan fingerprint density at radius 1 is 1.26 bits per heavy atom. The number of fused-ring (bicyclic) bond motifs is 1. The number of anilines is 2. The van der Waals surface area contributed by atoms with Gasteiger partial charge in [-0.1, -0.05) is 11.3 Å². The number of piperidine rings is 1. The van der Waals surface area contributed by atoms with Crippen molar-refractivity contribution >= 4 is 39.4 Å². The van der Waals surface area contributed by atoms with Gasteiger partial charge in [0.25, 0.3) is 0 Å². The summed E-state index contributed by atoms with van der Waals surface area (Å²) in [5, 5.41) is 3.69. The molecule has 2 aliphatic rings. The molecule has 0 bridgehead atoms. The number of halogens is 1. The minimum Gasteiger partial charge on any atom is -0.356 e. The molecule has 3 aromatic rings. The van der Waals surface area contributed by atoms with Crippen LogP contribution >= 0.6 is 11.3 Å². The smallest absolute Gasteiger partial charge is 0.323 e. The van der Waals surface area contributed by atoms with Gasteiger partial charge >= 0.3 is 6.03 Å². The summed E-state index contributed by atoms with van der Waals surface area (Å²) in [6.07, 6.45) is 11.2. The molecular formula is C21H26FN7OS. The fourth-order valence-electron chi connectivity index (χ4n) is 5.08. The number of urea groups is 1. The molecule has 2 amide bonds. The van der Waals surface area contributed by atoms with Gasteiger partial charge in [0.05, 0.1) is 11.6 Å². The Hall–Kier alpha value is -2.75. The first-order chi connectivity index (χ1) is 15.0. The number of nitrogens with zero attached hydrogens (tertiary/aromatic N) is 5. The fraction of sp³-hybridized carbons (Fsp3) is 0.524. The summed E-state index contributed by atoms with van der Waals surface area (Å²) >= 11 is 0.852. The maximum atomic E-state index is 13.1. The highest BCUT2D eigenvalue weighted by Crippen LogP contribution is 2.46. The van der Waals surface area contributed by atoms with Gasteiger partial charge in [0.2, 0.25) is 0 Å². The monoisotopic (exact) mass is 443 g/mol. The lowest BCUT2D eigenvalue weighted by Gasteiger charge is -2.47. The first-order valence-electron chi connectivity index (χ1n) is 10.7. The van der Waals surface area contributed by atoms with Crippen molar-refractivity contribution in [2.75, 3.05) is 30.4 Å². The summed E-state index contributed by atoms with van der Waals surface area (Å²) in [7, 11) is 2.13. The molecule has 2 fully saturated rings. The molecule has 8 nitrogen and oxygen atoms in total. The lowest BCUT2D eigenvalue weighted by atomic mass is 9.67. The van der Waals surface area contributed by atoms with Gasteiger partial charge in [0.1, 0.15) is 17.8 Å². The normalized spacial score (nSPS) is 19.1. The molecule has 3 aromatic heterocycles. The maximum absolute atomic E-state index is 13.1. The van der Waals surface area contributed by atoms with Crippen LogP contribution in [0.1, 0.15) is 38.5 Å². The maximum Gasteiger partial charge on any atom is 0.323 e. The predicted molar refractivity (Wildman–Crippen MR) is 119 cm³/mol. The average Bonchev–Trinajstić information content (AvgIpc) is 3.43.